The monoisotopic (exact) mass is 351 g/mol. The van der Waals surface area contributed by atoms with Gasteiger partial charge in [-0.3, -0.25) is 4.79 Å². The second-order valence-corrected chi connectivity index (χ2v) is 6.48. The minimum atomic E-state index is -0.294. The highest BCUT2D eigenvalue weighted by Crippen LogP contribution is 2.26. The van der Waals surface area contributed by atoms with Crippen LogP contribution < -0.4 is 5.32 Å². The fourth-order valence-corrected chi connectivity index (χ4v) is 3.34. The van der Waals surface area contributed by atoms with Crippen molar-refractivity contribution in [1.82, 2.24) is 15.3 Å². The van der Waals surface area contributed by atoms with Crippen LogP contribution in [-0.2, 0) is 6.54 Å². The summed E-state index contributed by atoms with van der Waals surface area (Å²) >= 11 is 1.42. The molecule has 0 aliphatic carbocycles. The molecule has 2 aromatic carbocycles. The summed E-state index contributed by atoms with van der Waals surface area (Å²) in [5.41, 5.74) is 3.14. The number of nitrogens with zero attached hydrogens (tertiary/aromatic N) is 1. The van der Waals surface area contributed by atoms with Gasteiger partial charge in [0.2, 0.25) is 0 Å². The summed E-state index contributed by atoms with van der Waals surface area (Å²) in [7, 11) is 0. The van der Waals surface area contributed by atoms with Crippen LogP contribution >= 0.6 is 11.3 Å². The van der Waals surface area contributed by atoms with Crippen molar-refractivity contribution < 1.29 is 9.18 Å². The lowest BCUT2D eigenvalue weighted by molar-refractivity contribution is 0.0946. The molecule has 2 heterocycles. The van der Waals surface area contributed by atoms with E-state index in [4.69, 9.17) is 0 Å². The number of hydrogen-bond acceptors (Lipinski definition) is 3. The fourth-order valence-electron chi connectivity index (χ4n) is 2.57. The maximum absolute atomic E-state index is 12.9. The summed E-state index contributed by atoms with van der Waals surface area (Å²) in [4.78, 5) is 20.0. The zero-order valence-electron chi connectivity index (χ0n) is 13.1. The molecule has 25 heavy (non-hydrogen) atoms. The quantitative estimate of drug-likeness (QED) is 0.574. The molecule has 0 aliphatic rings. The van der Waals surface area contributed by atoms with Gasteiger partial charge in [0.1, 0.15) is 16.5 Å². The number of fused-ring (bicyclic) bond motifs is 1. The van der Waals surface area contributed by atoms with Crippen molar-refractivity contribution in [3.05, 3.63) is 77.1 Å². The molecule has 0 saturated carbocycles. The molecule has 4 rings (SSSR count). The normalized spacial score (nSPS) is 10.9. The number of carbonyl (C=O) groups excluding carboxylic acids is 1. The molecular weight excluding hydrogens is 337 g/mol. The van der Waals surface area contributed by atoms with Gasteiger partial charge in [0.05, 0.1) is 5.69 Å². The Morgan fingerprint density at radius 1 is 1.16 bits per heavy atom. The topological polar surface area (TPSA) is 57.8 Å². The lowest BCUT2D eigenvalue weighted by atomic mass is 10.2. The van der Waals surface area contributed by atoms with Gasteiger partial charge in [0.25, 0.3) is 5.91 Å². The Hall–Kier alpha value is -2.99. The molecule has 0 bridgehead atoms. The summed E-state index contributed by atoms with van der Waals surface area (Å²) in [6.07, 6.45) is 0. The summed E-state index contributed by atoms with van der Waals surface area (Å²) in [6, 6.07) is 16.0. The minimum Gasteiger partial charge on any atom is -0.353 e. The summed E-state index contributed by atoms with van der Waals surface area (Å²) in [5.74, 6) is -0.541. The van der Waals surface area contributed by atoms with E-state index in [9.17, 15) is 9.18 Å². The Labute approximate surface area is 147 Å². The van der Waals surface area contributed by atoms with E-state index in [1.54, 1.807) is 17.5 Å². The van der Waals surface area contributed by atoms with E-state index in [2.05, 4.69) is 15.3 Å². The number of halogens is 1. The molecule has 6 heteroatoms. The SMILES string of the molecule is O=C(NCc1ccc(F)cc1)c1csc(-c2cc3ccccc3[nH]2)n1. The highest BCUT2D eigenvalue weighted by atomic mass is 32.1. The molecule has 0 aliphatic heterocycles. The van der Waals surface area contributed by atoms with Crippen molar-refractivity contribution in [2.75, 3.05) is 0 Å². The van der Waals surface area contributed by atoms with E-state index in [1.165, 1.54) is 23.5 Å². The van der Waals surface area contributed by atoms with Crippen molar-refractivity contribution >= 4 is 28.1 Å². The Morgan fingerprint density at radius 2 is 1.96 bits per heavy atom. The molecule has 0 radical (unpaired) electrons. The molecule has 0 saturated heterocycles. The Morgan fingerprint density at radius 3 is 2.76 bits per heavy atom. The Kier molecular flexibility index (Phi) is 4.03. The van der Waals surface area contributed by atoms with Gasteiger partial charge < -0.3 is 10.3 Å². The van der Waals surface area contributed by atoms with Gasteiger partial charge in [-0.1, -0.05) is 30.3 Å². The van der Waals surface area contributed by atoms with E-state index in [0.29, 0.717) is 12.2 Å². The van der Waals surface area contributed by atoms with Gasteiger partial charge in [0, 0.05) is 22.8 Å². The van der Waals surface area contributed by atoms with Gasteiger partial charge in [-0.2, -0.15) is 0 Å². The predicted octanol–water partition coefficient (Wildman–Crippen LogP) is 4.36. The standard InChI is InChI=1S/C19H14FN3OS/c20-14-7-5-12(6-8-14)10-21-18(24)17-11-25-19(23-17)16-9-13-3-1-2-4-15(13)22-16/h1-9,11,22H,10H2,(H,21,24). The van der Waals surface area contributed by atoms with Crippen LogP contribution in [0, 0.1) is 5.82 Å². The lowest BCUT2D eigenvalue weighted by Crippen LogP contribution is -2.23. The number of thiazole rings is 1. The largest absolute Gasteiger partial charge is 0.353 e. The second kappa shape index (κ2) is 6.49. The zero-order valence-corrected chi connectivity index (χ0v) is 13.9. The first-order valence-electron chi connectivity index (χ1n) is 7.75. The van der Waals surface area contributed by atoms with Crippen molar-refractivity contribution in [2.24, 2.45) is 0 Å². The lowest BCUT2D eigenvalue weighted by Gasteiger charge is -2.03. The maximum Gasteiger partial charge on any atom is 0.271 e. The van der Waals surface area contributed by atoms with Crippen molar-refractivity contribution in [3.8, 4) is 10.7 Å². The van der Waals surface area contributed by atoms with Crippen LogP contribution in [0.15, 0.2) is 60.0 Å². The average Bonchev–Trinajstić information content (AvgIpc) is 3.27. The van der Waals surface area contributed by atoms with Crippen LogP contribution in [0.1, 0.15) is 16.1 Å². The van der Waals surface area contributed by atoms with Crippen molar-refractivity contribution in [1.29, 1.82) is 0 Å². The molecule has 2 aromatic heterocycles. The smallest absolute Gasteiger partial charge is 0.271 e. The molecule has 0 atom stereocenters. The third-order valence-corrected chi connectivity index (χ3v) is 4.74. The summed E-state index contributed by atoms with van der Waals surface area (Å²) < 4.78 is 12.9. The first-order chi connectivity index (χ1) is 12.2. The van der Waals surface area contributed by atoms with Crippen molar-refractivity contribution in [2.45, 2.75) is 6.54 Å². The van der Waals surface area contributed by atoms with E-state index in [-0.39, 0.29) is 11.7 Å². The number of para-hydroxylation sites is 1. The zero-order chi connectivity index (χ0) is 17.2. The molecular formula is C19H14FN3OS. The van der Waals surface area contributed by atoms with Gasteiger partial charge >= 0.3 is 0 Å². The fraction of sp³-hybridized carbons (Fsp3) is 0.0526. The average molecular weight is 351 g/mol. The number of rotatable bonds is 4. The van der Waals surface area contributed by atoms with Crippen LogP contribution in [0.2, 0.25) is 0 Å². The third kappa shape index (κ3) is 3.29. The van der Waals surface area contributed by atoms with Crippen molar-refractivity contribution in [3.63, 3.8) is 0 Å². The van der Waals surface area contributed by atoms with Gasteiger partial charge in [0.15, 0.2) is 0 Å². The predicted molar refractivity (Wildman–Crippen MR) is 97.0 cm³/mol. The first-order valence-corrected chi connectivity index (χ1v) is 8.63. The Balaban J connectivity index is 1.48. The van der Waals surface area contributed by atoms with E-state index in [0.717, 1.165) is 27.2 Å². The molecule has 0 fully saturated rings. The molecule has 1 amide bonds. The number of hydrogen-bond donors (Lipinski definition) is 2. The van der Waals surface area contributed by atoms with Crippen LogP contribution in [0.4, 0.5) is 4.39 Å². The molecule has 4 nitrogen and oxygen atoms in total. The van der Waals surface area contributed by atoms with Gasteiger partial charge in [-0.05, 0) is 29.8 Å². The molecule has 124 valence electrons. The summed E-state index contributed by atoms with van der Waals surface area (Å²) in [6.45, 7) is 0.332. The third-order valence-electron chi connectivity index (χ3n) is 3.86. The number of benzene rings is 2. The molecule has 4 aromatic rings. The van der Waals surface area contributed by atoms with Crippen LogP contribution in [0.25, 0.3) is 21.6 Å². The van der Waals surface area contributed by atoms with Gasteiger partial charge in [-0.15, -0.1) is 11.3 Å². The molecule has 2 N–H and O–H groups in total. The number of nitrogens with one attached hydrogen (secondary N) is 2. The number of amides is 1. The van der Waals surface area contributed by atoms with Crippen LogP contribution in [0.5, 0.6) is 0 Å². The minimum absolute atomic E-state index is 0.247. The van der Waals surface area contributed by atoms with E-state index < -0.39 is 0 Å². The van der Waals surface area contributed by atoms with E-state index >= 15 is 0 Å². The highest BCUT2D eigenvalue weighted by molar-refractivity contribution is 7.13. The number of H-pyrrole nitrogens is 1. The number of aromatic nitrogens is 2. The summed E-state index contributed by atoms with van der Waals surface area (Å²) in [5, 5.41) is 6.41. The Bertz CT molecular complexity index is 1000. The second-order valence-electron chi connectivity index (χ2n) is 5.62. The van der Waals surface area contributed by atoms with Gasteiger partial charge in [-0.25, -0.2) is 9.37 Å². The molecule has 0 unspecified atom stereocenters. The molecule has 0 spiro atoms. The van der Waals surface area contributed by atoms with E-state index in [1.807, 2.05) is 30.3 Å². The number of carbonyl (C=O) groups is 1. The maximum atomic E-state index is 12.9. The first kappa shape index (κ1) is 15.5. The van der Waals surface area contributed by atoms with Crippen LogP contribution in [0.3, 0.4) is 0 Å². The highest BCUT2D eigenvalue weighted by Gasteiger charge is 2.13. The number of aromatic amines is 1. The van der Waals surface area contributed by atoms with Crippen LogP contribution in [-0.4, -0.2) is 15.9 Å².